The normalized spacial score (nSPS) is 27.9. The van der Waals surface area contributed by atoms with Crippen LogP contribution in [0, 0.1) is 0 Å². The van der Waals surface area contributed by atoms with Crippen molar-refractivity contribution >= 4 is 29.5 Å². The maximum Gasteiger partial charge on any atom is 0.410 e. The zero-order valence-corrected chi connectivity index (χ0v) is 17.5. The van der Waals surface area contributed by atoms with Crippen molar-refractivity contribution in [1.82, 2.24) is 20.5 Å². The number of hydrogen-bond acceptors (Lipinski definition) is 6. The van der Waals surface area contributed by atoms with Gasteiger partial charge in [0.2, 0.25) is 0 Å². The number of nitrogens with one attached hydrogen (secondary N) is 2. The first kappa shape index (κ1) is 19.7. The molecule has 144 valence electrons. The summed E-state index contributed by atoms with van der Waals surface area (Å²) in [6.07, 6.45) is 1.39. The molecule has 2 aliphatic rings. The summed E-state index contributed by atoms with van der Waals surface area (Å²) in [7, 11) is 0. The molecular weight excluding hydrogens is 372 g/mol. The number of rotatable bonds is 2. The van der Waals surface area contributed by atoms with Gasteiger partial charge in [-0.05, 0) is 46.8 Å². The number of carbonyl (C=O) groups excluding carboxylic acids is 1. The Balaban J connectivity index is 1.80. The second kappa shape index (κ2) is 6.86. The fourth-order valence-corrected chi connectivity index (χ4v) is 4.81. The fourth-order valence-electron chi connectivity index (χ4n) is 3.45. The van der Waals surface area contributed by atoms with Crippen molar-refractivity contribution in [2.45, 2.75) is 61.7 Å². The summed E-state index contributed by atoms with van der Waals surface area (Å²) in [5.74, 6) is 0. The molecule has 6 nitrogen and oxygen atoms in total. The Kier molecular flexibility index (Phi) is 5.20. The molecule has 2 saturated heterocycles. The summed E-state index contributed by atoms with van der Waals surface area (Å²) < 4.78 is 5.59. The number of halogens is 1. The van der Waals surface area contributed by atoms with E-state index in [0.29, 0.717) is 18.1 Å². The zero-order chi connectivity index (χ0) is 19.2. The highest BCUT2D eigenvalue weighted by atomic mass is 35.5. The highest BCUT2D eigenvalue weighted by molar-refractivity contribution is 8.00. The zero-order valence-electron chi connectivity index (χ0n) is 15.9. The van der Waals surface area contributed by atoms with Gasteiger partial charge in [-0.3, -0.25) is 10.6 Å². The molecule has 0 radical (unpaired) electrons. The van der Waals surface area contributed by atoms with Gasteiger partial charge in [-0.15, -0.1) is 0 Å². The van der Waals surface area contributed by atoms with E-state index in [4.69, 9.17) is 16.3 Å². The number of amides is 1. The predicted molar refractivity (Wildman–Crippen MR) is 105 cm³/mol. The maximum absolute atomic E-state index is 12.6. The molecule has 3 rings (SSSR count). The minimum atomic E-state index is -0.506. The van der Waals surface area contributed by atoms with Crippen LogP contribution in [0.3, 0.4) is 0 Å². The van der Waals surface area contributed by atoms with E-state index < -0.39 is 5.60 Å². The van der Waals surface area contributed by atoms with Crippen LogP contribution in [0.4, 0.5) is 4.79 Å². The largest absolute Gasteiger partial charge is 0.444 e. The second-order valence-corrected chi connectivity index (χ2v) is 10.2. The van der Waals surface area contributed by atoms with Gasteiger partial charge in [-0.2, -0.15) is 0 Å². The SMILES string of the molecule is CC1(C)NC[C@]2(CN(C(=O)OC(C)(C)C)C[C@@H]2Sc2ccc(Cl)cn2)N1. The van der Waals surface area contributed by atoms with Gasteiger partial charge in [0.15, 0.2) is 0 Å². The summed E-state index contributed by atoms with van der Waals surface area (Å²) in [5, 5.41) is 8.88. The third-order valence-electron chi connectivity index (χ3n) is 4.50. The van der Waals surface area contributed by atoms with Gasteiger partial charge >= 0.3 is 6.09 Å². The van der Waals surface area contributed by atoms with Gasteiger partial charge in [0.05, 0.1) is 21.3 Å². The van der Waals surface area contributed by atoms with E-state index in [1.54, 1.807) is 22.9 Å². The molecule has 2 atom stereocenters. The molecular formula is C18H27ClN4O2S. The monoisotopic (exact) mass is 398 g/mol. The van der Waals surface area contributed by atoms with Crippen molar-refractivity contribution in [2.75, 3.05) is 19.6 Å². The molecule has 2 fully saturated rings. The summed E-state index contributed by atoms with van der Waals surface area (Å²) in [6, 6.07) is 3.76. The molecule has 0 aromatic carbocycles. The quantitative estimate of drug-likeness (QED) is 0.797. The maximum atomic E-state index is 12.6. The lowest BCUT2D eigenvalue weighted by molar-refractivity contribution is 0.0282. The van der Waals surface area contributed by atoms with Crippen LogP contribution in [0.5, 0.6) is 0 Å². The Bertz CT molecular complexity index is 677. The van der Waals surface area contributed by atoms with E-state index in [0.717, 1.165) is 11.6 Å². The number of hydrogen-bond donors (Lipinski definition) is 2. The van der Waals surface area contributed by atoms with Crippen molar-refractivity contribution in [1.29, 1.82) is 0 Å². The number of aromatic nitrogens is 1. The standard InChI is InChI=1S/C18H27ClN4O2S/c1-16(2,3)25-15(24)23-9-13(26-14-7-6-12(19)8-20-14)18(11-23)10-21-17(4,5)22-18/h6-8,13,21-22H,9-11H2,1-5H3/t13-,18+/m0/s1. The highest BCUT2D eigenvalue weighted by Gasteiger charge is 2.54. The first-order chi connectivity index (χ1) is 12.0. The summed E-state index contributed by atoms with van der Waals surface area (Å²) >= 11 is 7.62. The van der Waals surface area contributed by atoms with Crippen molar-refractivity contribution in [2.24, 2.45) is 0 Å². The van der Waals surface area contributed by atoms with E-state index in [1.165, 1.54) is 0 Å². The number of carbonyl (C=O) groups is 1. The van der Waals surface area contributed by atoms with E-state index in [1.807, 2.05) is 32.9 Å². The number of pyridine rings is 1. The Hall–Kier alpha value is -1.02. The first-order valence-corrected chi connectivity index (χ1v) is 10.0. The number of ether oxygens (including phenoxy) is 1. The van der Waals surface area contributed by atoms with Gasteiger partial charge in [0, 0.05) is 31.1 Å². The average Bonchev–Trinajstić information content (AvgIpc) is 3.00. The Morgan fingerprint density at radius 1 is 1.42 bits per heavy atom. The Morgan fingerprint density at radius 2 is 2.15 bits per heavy atom. The number of thioether (sulfide) groups is 1. The Labute approximate surface area is 164 Å². The van der Waals surface area contributed by atoms with Crippen molar-refractivity contribution in [3.8, 4) is 0 Å². The van der Waals surface area contributed by atoms with Crippen LogP contribution in [0.1, 0.15) is 34.6 Å². The second-order valence-electron chi connectivity index (χ2n) is 8.54. The van der Waals surface area contributed by atoms with Crippen LogP contribution >= 0.6 is 23.4 Å². The molecule has 0 saturated carbocycles. The lowest BCUT2D eigenvalue weighted by Gasteiger charge is -2.31. The average molecular weight is 399 g/mol. The lowest BCUT2D eigenvalue weighted by atomic mass is 9.99. The number of likely N-dealkylation sites (tertiary alicyclic amines) is 1. The molecule has 1 aromatic heterocycles. The van der Waals surface area contributed by atoms with E-state index in [9.17, 15) is 4.79 Å². The molecule has 0 aliphatic carbocycles. The highest BCUT2D eigenvalue weighted by Crippen LogP contribution is 2.39. The lowest BCUT2D eigenvalue weighted by Crippen LogP contribution is -2.56. The molecule has 1 amide bonds. The van der Waals surface area contributed by atoms with Gasteiger partial charge in [0.1, 0.15) is 5.60 Å². The minimum Gasteiger partial charge on any atom is -0.444 e. The molecule has 1 spiro atoms. The molecule has 2 N–H and O–H groups in total. The summed E-state index contributed by atoms with van der Waals surface area (Å²) in [4.78, 5) is 18.8. The van der Waals surface area contributed by atoms with Gasteiger partial charge in [-0.1, -0.05) is 23.4 Å². The topological polar surface area (TPSA) is 66.5 Å². The van der Waals surface area contributed by atoms with E-state index >= 15 is 0 Å². The minimum absolute atomic E-state index is 0.151. The molecule has 0 unspecified atom stereocenters. The van der Waals surface area contributed by atoms with Crippen LogP contribution in [0.25, 0.3) is 0 Å². The first-order valence-electron chi connectivity index (χ1n) is 8.79. The van der Waals surface area contributed by atoms with E-state index in [-0.39, 0.29) is 22.5 Å². The molecule has 0 bridgehead atoms. The fraction of sp³-hybridized carbons (Fsp3) is 0.667. The number of nitrogens with zero attached hydrogens (tertiary/aromatic N) is 2. The third kappa shape index (κ3) is 4.44. The van der Waals surface area contributed by atoms with Crippen LogP contribution < -0.4 is 10.6 Å². The predicted octanol–water partition coefficient (Wildman–Crippen LogP) is 3.11. The third-order valence-corrected chi connectivity index (χ3v) is 6.09. The van der Waals surface area contributed by atoms with Crippen LogP contribution in [-0.4, -0.2) is 57.7 Å². The van der Waals surface area contributed by atoms with Crippen LogP contribution in [0.2, 0.25) is 5.02 Å². The molecule has 8 heteroatoms. The molecule has 26 heavy (non-hydrogen) atoms. The van der Waals surface area contributed by atoms with Gasteiger partial charge in [0.25, 0.3) is 0 Å². The smallest absolute Gasteiger partial charge is 0.410 e. The Morgan fingerprint density at radius 3 is 2.69 bits per heavy atom. The van der Waals surface area contributed by atoms with Crippen molar-refractivity contribution < 1.29 is 9.53 Å². The van der Waals surface area contributed by atoms with Crippen molar-refractivity contribution in [3.63, 3.8) is 0 Å². The van der Waals surface area contributed by atoms with Gasteiger partial charge in [-0.25, -0.2) is 9.78 Å². The van der Waals surface area contributed by atoms with Gasteiger partial charge < -0.3 is 9.64 Å². The van der Waals surface area contributed by atoms with E-state index in [2.05, 4.69) is 29.5 Å². The molecule has 3 heterocycles. The van der Waals surface area contributed by atoms with Crippen LogP contribution in [0.15, 0.2) is 23.4 Å². The molecule has 2 aliphatic heterocycles. The van der Waals surface area contributed by atoms with Crippen molar-refractivity contribution in [3.05, 3.63) is 23.4 Å². The summed E-state index contributed by atoms with van der Waals surface area (Å²) in [5.41, 5.74) is -0.920. The summed E-state index contributed by atoms with van der Waals surface area (Å²) in [6.45, 7) is 11.9. The van der Waals surface area contributed by atoms with Crippen LogP contribution in [-0.2, 0) is 4.74 Å². The molecule has 1 aromatic rings.